The first kappa shape index (κ1) is 24.1. The highest BCUT2D eigenvalue weighted by molar-refractivity contribution is 6.06. The van der Waals surface area contributed by atoms with Crippen LogP contribution in [0.15, 0.2) is 78.9 Å². The van der Waals surface area contributed by atoms with Crippen LogP contribution < -0.4 is 14.4 Å². The number of nitriles is 1. The summed E-state index contributed by atoms with van der Waals surface area (Å²) in [6, 6.07) is 22.5. The van der Waals surface area contributed by atoms with Gasteiger partial charge < -0.3 is 19.1 Å². The fourth-order valence-electron chi connectivity index (χ4n) is 5.73. The van der Waals surface area contributed by atoms with Crippen molar-refractivity contribution < 1.29 is 23.8 Å². The van der Waals surface area contributed by atoms with E-state index in [2.05, 4.69) is 6.07 Å². The Morgan fingerprint density at radius 3 is 2.30 bits per heavy atom. The first-order valence-corrected chi connectivity index (χ1v) is 11.9. The lowest BCUT2D eigenvalue weighted by molar-refractivity contribution is -0.150. The first-order chi connectivity index (χ1) is 18.0. The van der Waals surface area contributed by atoms with E-state index in [9.17, 15) is 14.9 Å². The van der Waals surface area contributed by atoms with Crippen molar-refractivity contribution in [3.8, 4) is 17.6 Å². The molecule has 3 aromatic carbocycles. The van der Waals surface area contributed by atoms with Gasteiger partial charge in [-0.3, -0.25) is 9.59 Å². The SMILES string of the molecule is COC(=O)C1(C#N)C(c2ccc(OC)c(OC)c2)C(C(=O)c2ccccc2)N2c3ccccc3C=CC21. The molecule has 3 aromatic rings. The van der Waals surface area contributed by atoms with Crippen LogP contribution in [0.4, 0.5) is 5.69 Å². The number of Topliss-reactive ketones (excluding diaryl/α,β-unsaturated/α-hetero) is 1. The van der Waals surface area contributed by atoms with Crippen LogP contribution in [0.2, 0.25) is 0 Å². The number of hydrogen-bond donors (Lipinski definition) is 0. The molecule has 1 fully saturated rings. The first-order valence-electron chi connectivity index (χ1n) is 11.9. The van der Waals surface area contributed by atoms with Gasteiger partial charge in [0, 0.05) is 17.2 Å². The Balaban J connectivity index is 1.83. The Morgan fingerprint density at radius 1 is 0.919 bits per heavy atom. The van der Waals surface area contributed by atoms with Crippen LogP contribution in [0.25, 0.3) is 6.08 Å². The van der Waals surface area contributed by atoms with Crippen molar-refractivity contribution in [3.63, 3.8) is 0 Å². The van der Waals surface area contributed by atoms with Crippen LogP contribution in [0.5, 0.6) is 11.5 Å². The number of ether oxygens (including phenoxy) is 3. The number of methoxy groups -OCH3 is 3. The van der Waals surface area contributed by atoms with Crippen molar-refractivity contribution in [2.24, 2.45) is 5.41 Å². The third-order valence-corrected chi connectivity index (χ3v) is 7.35. The van der Waals surface area contributed by atoms with Gasteiger partial charge >= 0.3 is 5.97 Å². The monoisotopic (exact) mass is 494 g/mol. The maximum absolute atomic E-state index is 14.3. The van der Waals surface area contributed by atoms with E-state index in [-0.39, 0.29) is 5.78 Å². The molecule has 5 rings (SSSR count). The van der Waals surface area contributed by atoms with Gasteiger partial charge in [-0.2, -0.15) is 5.26 Å². The molecule has 2 heterocycles. The largest absolute Gasteiger partial charge is 0.493 e. The highest BCUT2D eigenvalue weighted by Crippen LogP contribution is 2.57. The molecular formula is C30H26N2O5. The molecule has 0 amide bonds. The van der Waals surface area contributed by atoms with Gasteiger partial charge in [0.25, 0.3) is 0 Å². The van der Waals surface area contributed by atoms with Gasteiger partial charge in [0.2, 0.25) is 0 Å². The number of anilines is 1. The fraction of sp³-hybridized carbons (Fsp3) is 0.233. The van der Waals surface area contributed by atoms with E-state index in [4.69, 9.17) is 14.2 Å². The number of fused-ring (bicyclic) bond motifs is 3. The van der Waals surface area contributed by atoms with Crippen LogP contribution in [0.1, 0.15) is 27.4 Å². The normalized spacial score (nSPS) is 23.4. The van der Waals surface area contributed by atoms with E-state index in [0.717, 1.165) is 11.3 Å². The second kappa shape index (κ2) is 9.47. The molecule has 4 unspecified atom stereocenters. The van der Waals surface area contributed by atoms with E-state index < -0.39 is 29.4 Å². The number of esters is 1. The summed E-state index contributed by atoms with van der Waals surface area (Å²) >= 11 is 0. The molecule has 0 radical (unpaired) electrons. The Hall–Kier alpha value is -4.57. The molecular weight excluding hydrogens is 468 g/mol. The van der Waals surface area contributed by atoms with Crippen LogP contribution in [-0.2, 0) is 9.53 Å². The standard InChI is InChI=1S/C30H26N2O5/c1-35-23-15-13-21(17-24(23)36-2)26-27(28(33)20-10-5-4-6-11-20)32-22-12-8-7-9-19(22)14-16-25(32)30(26,18-31)29(34)37-3/h4-17,25-27H,1-3H3. The summed E-state index contributed by atoms with van der Waals surface area (Å²) in [6.45, 7) is 0. The molecule has 2 aliphatic rings. The van der Waals surface area contributed by atoms with Gasteiger partial charge in [-0.1, -0.05) is 66.7 Å². The summed E-state index contributed by atoms with van der Waals surface area (Å²) in [6.07, 6.45) is 3.72. The molecule has 0 N–H and O–H groups in total. The maximum Gasteiger partial charge on any atom is 0.329 e. The van der Waals surface area contributed by atoms with Crippen LogP contribution >= 0.6 is 0 Å². The number of hydrogen-bond acceptors (Lipinski definition) is 7. The molecule has 37 heavy (non-hydrogen) atoms. The van der Waals surface area contributed by atoms with Crippen LogP contribution in [0, 0.1) is 16.7 Å². The summed E-state index contributed by atoms with van der Waals surface area (Å²) in [4.78, 5) is 29.8. The van der Waals surface area contributed by atoms with Gasteiger partial charge in [0.1, 0.15) is 6.04 Å². The Kier molecular flexibility index (Phi) is 6.18. The topological polar surface area (TPSA) is 88.9 Å². The number of carbonyl (C=O) groups is 2. The van der Waals surface area contributed by atoms with Crippen molar-refractivity contribution in [1.29, 1.82) is 5.26 Å². The van der Waals surface area contributed by atoms with Crippen molar-refractivity contribution in [1.82, 2.24) is 0 Å². The van der Waals surface area contributed by atoms with E-state index in [1.54, 1.807) is 42.5 Å². The minimum absolute atomic E-state index is 0.198. The Bertz CT molecular complexity index is 1430. The zero-order valence-electron chi connectivity index (χ0n) is 20.8. The number of carbonyl (C=O) groups excluding carboxylic acids is 2. The minimum atomic E-state index is -1.71. The summed E-state index contributed by atoms with van der Waals surface area (Å²) in [5, 5.41) is 10.8. The third kappa shape index (κ3) is 3.56. The number of nitrogens with zero attached hydrogens (tertiary/aromatic N) is 2. The maximum atomic E-state index is 14.3. The van der Waals surface area contributed by atoms with Crippen molar-refractivity contribution in [2.45, 2.75) is 18.0 Å². The van der Waals surface area contributed by atoms with Crippen molar-refractivity contribution in [3.05, 3.63) is 95.6 Å². The van der Waals surface area contributed by atoms with Crippen LogP contribution in [0.3, 0.4) is 0 Å². The molecule has 7 heteroatoms. The third-order valence-electron chi connectivity index (χ3n) is 7.35. The molecule has 4 atom stereocenters. The number of benzene rings is 3. The highest BCUT2D eigenvalue weighted by Gasteiger charge is 2.67. The van der Waals surface area contributed by atoms with Gasteiger partial charge in [0.05, 0.1) is 33.4 Å². The average Bonchev–Trinajstić information content (AvgIpc) is 3.28. The summed E-state index contributed by atoms with van der Waals surface area (Å²) < 4.78 is 16.2. The molecule has 0 spiro atoms. The lowest BCUT2D eigenvalue weighted by Crippen LogP contribution is -2.46. The quantitative estimate of drug-likeness (QED) is 0.364. The molecule has 2 aliphatic heterocycles. The molecule has 0 aromatic heterocycles. The number of para-hydroxylation sites is 1. The van der Waals surface area contributed by atoms with E-state index in [1.807, 2.05) is 47.4 Å². The molecule has 7 nitrogen and oxygen atoms in total. The van der Waals surface area contributed by atoms with E-state index in [1.165, 1.54) is 21.3 Å². The summed E-state index contributed by atoms with van der Waals surface area (Å²) in [7, 11) is 4.32. The number of rotatable bonds is 6. The molecule has 186 valence electrons. The highest BCUT2D eigenvalue weighted by atomic mass is 16.5. The Labute approximate surface area is 215 Å². The zero-order chi connectivity index (χ0) is 26.2. The average molecular weight is 495 g/mol. The summed E-state index contributed by atoms with van der Waals surface area (Å²) in [5.41, 5.74) is 1.04. The molecule has 1 saturated heterocycles. The predicted molar refractivity (Wildman–Crippen MR) is 139 cm³/mol. The molecule has 0 saturated carbocycles. The second-order valence-electron chi connectivity index (χ2n) is 9.01. The van der Waals surface area contributed by atoms with Crippen molar-refractivity contribution >= 4 is 23.5 Å². The number of ketones is 1. The van der Waals surface area contributed by atoms with Crippen LogP contribution in [-0.4, -0.2) is 45.2 Å². The van der Waals surface area contributed by atoms with Gasteiger partial charge in [-0.15, -0.1) is 0 Å². The lowest BCUT2D eigenvalue weighted by atomic mass is 9.68. The zero-order valence-corrected chi connectivity index (χ0v) is 20.8. The van der Waals surface area contributed by atoms with Gasteiger partial charge in [-0.05, 0) is 29.3 Å². The minimum Gasteiger partial charge on any atom is -0.493 e. The predicted octanol–water partition coefficient (Wildman–Crippen LogP) is 4.64. The fourth-order valence-corrected chi connectivity index (χ4v) is 5.73. The van der Waals surface area contributed by atoms with Gasteiger partial charge in [0.15, 0.2) is 22.7 Å². The summed E-state index contributed by atoms with van der Waals surface area (Å²) in [5.74, 6) is -0.839. The van der Waals surface area contributed by atoms with Gasteiger partial charge in [-0.25, -0.2) is 0 Å². The van der Waals surface area contributed by atoms with Crippen molar-refractivity contribution in [2.75, 3.05) is 26.2 Å². The molecule has 0 aliphatic carbocycles. The second-order valence-corrected chi connectivity index (χ2v) is 9.01. The Morgan fingerprint density at radius 2 is 1.62 bits per heavy atom. The van der Waals surface area contributed by atoms with E-state index >= 15 is 0 Å². The lowest BCUT2D eigenvalue weighted by Gasteiger charge is -2.36. The smallest absolute Gasteiger partial charge is 0.329 e. The van der Waals surface area contributed by atoms with E-state index in [0.29, 0.717) is 22.6 Å². The molecule has 0 bridgehead atoms.